The van der Waals surface area contributed by atoms with Crippen LogP contribution in [0.5, 0.6) is 0 Å². The maximum atomic E-state index is 12.6. The average molecular weight is 352 g/mol. The minimum absolute atomic E-state index is 0.253. The van der Waals surface area contributed by atoms with Crippen molar-refractivity contribution in [2.45, 2.75) is 44.8 Å². The predicted molar refractivity (Wildman–Crippen MR) is 90.0 cm³/mol. The van der Waals surface area contributed by atoms with Crippen LogP contribution in [0.15, 0.2) is 36.7 Å². The van der Waals surface area contributed by atoms with E-state index in [0.717, 1.165) is 37.8 Å². The Kier molecular flexibility index (Phi) is 5.47. The molecule has 1 saturated carbocycles. The summed E-state index contributed by atoms with van der Waals surface area (Å²) in [6.45, 7) is 1.08. The summed E-state index contributed by atoms with van der Waals surface area (Å²) in [5, 5.41) is 9.24. The van der Waals surface area contributed by atoms with E-state index >= 15 is 0 Å². The largest absolute Gasteiger partial charge is 0.396 e. The van der Waals surface area contributed by atoms with Gasteiger partial charge in [0.2, 0.25) is 0 Å². The van der Waals surface area contributed by atoms with Crippen molar-refractivity contribution in [1.82, 2.24) is 9.55 Å². The van der Waals surface area contributed by atoms with Crippen molar-refractivity contribution in [3.05, 3.63) is 42.2 Å². The smallest absolute Gasteiger partial charge is 0.393 e. The highest BCUT2D eigenvalue weighted by Crippen LogP contribution is 2.31. The molecular weight excluding hydrogens is 329 g/mol. The van der Waals surface area contributed by atoms with Crippen LogP contribution in [-0.4, -0.2) is 27.4 Å². The van der Waals surface area contributed by atoms with E-state index < -0.39 is 12.6 Å². The van der Waals surface area contributed by atoms with Gasteiger partial charge in [0.1, 0.15) is 5.82 Å². The van der Waals surface area contributed by atoms with Crippen LogP contribution in [0.3, 0.4) is 0 Å². The zero-order valence-corrected chi connectivity index (χ0v) is 14.0. The van der Waals surface area contributed by atoms with Crippen molar-refractivity contribution >= 4 is 0 Å². The summed E-state index contributed by atoms with van der Waals surface area (Å²) in [5.74, 6) is 1.65. The lowest BCUT2D eigenvalue weighted by atomic mass is 9.82. The molecule has 6 heteroatoms. The molecule has 1 fully saturated rings. The number of imidazole rings is 1. The third-order valence-corrected chi connectivity index (χ3v) is 4.98. The minimum atomic E-state index is -4.21. The summed E-state index contributed by atoms with van der Waals surface area (Å²) in [5.41, 5.74) is 0.971. The standard InChI is InChI=1S/C19H23F3N2O/c20-19(21,22)11-16-2-1-3-17(10-16)18-23-8-9-24(18)12-14-4-6-15(13-25)7-5-14/h1-3,8-10,14-15,25H,4-7,11-13H2. The van der Waals surface area contributed by atoms with Gasteiger partial charge < -0.3 is 9.67 Å². The van der Waals surface area contributed by atoms with Gasteiger partial charge in [0.25, 0.3) is 0 Å². The molecule has 1 aromatic carbocycles. The fourth-order valence-corrected chi connectivity index (χ4v) is 3.64. The Morgan fingerprint density at radius 2 is 1.84 bits per heavy atom. The molecule has 2 aromatic rings. The van der Waals surface area contributed by atoms with E-state index in [1.807, 2.05) is 10.8 Å². The third kappa shape index (κ3) is 4.84. The van der Waals surface area contributed by atoms with Gasteiger partial charge in [-0.25, -0.2) is 4.98 Å². The van der Waals surface area contributed by atoms with Gasteiger partial charge in [-0.05, 0) is 49.1 Å². The normalized spacial score (nSPS) is 21.4. The second-order valence-corrected chi connectivity index (χ2v) is 6.96. The fourth-order valence-electron chi connectivity index (χ4n) is 3.64. The van der Waals surface area contributed by atoms with Crippen LogP contribution in [0.1, 0.15) is 31.2 Å². The van der Waals surface area contributed by atoms with Crippen molar-refractivity contribution < 1.29 is 18.3 Å². The first kappa shape index (κ1) is 18.0. The molecule has 1 aliphatic carbocycles. The molecule has 0 saturated heterocycles. The first-order valence-corrected chi connectivity index (χ1v) is 8.72. The molecule has 3 rings (SSSR count). The van der Waals surface area contributed by atoms with Crippen molar-refractivity contribution in [2.75, 3.05) is 6.61 Å². The summed E-state index contributed by atoms with van der Waals surface area (Å²) in [6, 6.07) is 6.54. The van der Waals surface area contributed by atoms with Crippen LogP contribution in [0, 0.1) is 11.8 Å². The van der Waals surface area contributed by atoms with E-state index in [4.69, 9.17) is 0 Å². The lowest BCUT2D eigenvalue weighted by molar-refractivity contribution is -0.127. The van der Waals surface area contributed by atoms with E-state index in [1.54, 1.807) is 24.4 Å². The summed E-state index contributed by atoms with van der Waals surface area (Å²) in [6.07, 6.45) is 2.66. The Labute approximate surface area is 145 Å². The molecule has 0 aliphatic heterocycles. The van der Waals surface area contributed by atoms with Crippen LogP contribution in [0.25, 0.3) is 11.4 Å². The minimum Gasteiger partial charge on any atom is -0.396 e. The average Bonchev–Trinajstić information content (AvgIpc) is 3.02. The van der Waals surface area contributed by atoms with Crippen molar-refractivity contribution in [2.24, 2.45) is 11.8 Å². The summed E-state index contributed by atoms with van der Waals surface area (Å²) in [7, 11) is 0. The van der Waals surface area contributed by atoms with Crippen LogP contribution in [0.4, 0.5) is 13.2 Å². The number of nitrogens with zero attached hydrogens (tertiary/aromatic N) is 2. The SMILES string of the molecule is OCC1CCC(Cn2ccnc2-c2cccc(CC(F)(F)F)c2)CC1. The zero-order valence-electron chi connectivity index (χ0n) is 14.0. The number of aromatic nitrogens is 2. The van der Waals surface area contributed by atoms with Crippen molar-refractivity contribution in [3.63, 3.8) is 0 Å². The Bertz CT molecular complexity index is 688. The third-order valence-electron chi connectivity index (χ3n) is 4.98. The first-order valence-electron chi connectivity index (χ1n) is 8.72. The molecule has 0 atom stereocenters. The number of halogens is 3. The second kappa shape index (κ2) is 7.60. The molecule has 0 radical (unpaired) electrons. The zero-order chi connectivity index (χ0) is 17.9. The number of hydrogen-bond donors (Lipinski definition) is 1. The molecule has 1 aliphatic rings. The molecule has 1 aromatic heterocycles. The van der Waals surface area contributed by atoms with E-state index in [0.29, 0.717) is 17.7 Å². The molecule has 25 heavy (non-hydrogen) atoms. The summed E-state index contributed by atoms with van der Waals surface area (Å²) >= 11 is 0. The highest BCUT2D eigenvalue weighted by molar-refractivity contribution is 5.56. The van der Waals surface area contributed by atoms with E-state index in [9.17, 15) is 18.3 Å². The first-order chi connectivity index (χ1) is 11.9. The van der Waals surface area contributed by atoms with E-state index in [-0.39, 0.29) is 12.2 Å². The maximum absolute atomic E-state index is 12.6. The Hall–Kier alpha value is -1.82. The molecule has 136 valence electrons. The van der Waals surface area contributed by atoms with Crippen molar-refractivity contribution in [3.8, 4) is 11.4 Å². The van der Waals surface area contributed by atoms with Gasteiger partial charge in [0, 0.05) is 31.1 Å². The number of aliphatic hydroxyl groups excluding tert-OH is 1. The number of rotatable bonds is 5. The molecular formula is C19H23F3N2O. The van der Waals surface area contributed by atoms with E-state index in [2.05, 4.69) is 4.98 Å². The topological polar surface area (TPSA) is 38.0 Å². The summed E-state index contributed by atoms with van der Waals surface area (Å²) in [4.78, 5) is 4.36. The van der Waals surface area contributed by atoms with Gasteiger partial charge in [-0.15, -0.1) is 0 Å². The molecule has 0 spiro atoms. The van der Waals surface area contributed by atoms with Crippen molar-refractivity contribution in [1.29, 1.82) is 0 Å². The van der Waals surface area contributed by atoms with Gasteiger partial charge in [0.05, 0.1) is 6.42 Å². The fraction of sp³-hybridized carbons (Fsp3) is 0.526. The maximum Gasteiger partial charge on any atom is 0.393 e. The van der Waals surface area contributed by atoms with Gasteiger partial charge in [-0.1, -0.05) is 18.2 Å². The number of benzene rings is 1. The van der Waals surface area contributed by atoms with Crippen LogP contribution < -0.4 is 0 Å². The van der Waals surface area contributed by atoms with Crippen LogP contribution in [-0.2, 0) is 13.0 Å². The van der Waals surface area contributed by atoms with Crippen LogP contribution >= 0.6 is 0 Å². The lowest BCUT2D eigenvalue weighted by Crippen LogP contribution is -2.21. The Balaban J connectivity index is 1.72. The molecule has 1 N–H and O–H groups in total. The highest BCUT2D eigenvalue weighted by atomic mass is 19.4. The van der Waals surface area contributed by atoms with Gasteiger partial charge in [-0.2, -0.15) is 13.2 Å². The van der Waals surface area contributed by atoms with Gasteiger partial charge in [0.15, 0.2) is 0 Å². The molecule has 1 heterocycles. The monoisotopic (exact) mass is 352 g/mol. The molecule has 0 bridgehead atoms. The number of aliphatic hydroxyl groups is 1. The molecule has 0 unspecified atom stereocenters. The quantitative estimate of drug-likeness (QED) is 0.863. The Morgan fingerprint density at radius 3 is 2.52 bits per heavy atom. The number of alkyl halides is 3. The molecule has 3 nitrogen and oxygen atoms in total. The molecule has 0 amide bonds. The summed E-state index contributed by atoms with van der Waals surface area (Å²) < 4.78 is 39.9. The van der Waals surface area contributed by atoms with Gasteiger partial charge in [-0.3, -0.25) is 0 Å². The van der Waals surface area contributed by atoms with Gasteiger partial charge >= 0.3 is 6.18 Å². The number of hydrogen-bond acceptors (Lipinski definition) is 2. The van der Waals surface area contributed by atoms with Crippen LogP contribution in [0.2, 0.25) is 0 Å². The lowest BCUT2D eigenvalue weighted by Gasteiger charge is -2.27. The highest BCUT2D eigenvalue weighted by Gasteiger charge is 2.28. The Morgan fingerprint density at radius 1 is 1.12 bits per heavy atom. The predicted octanol–water partition coefficient (Wildman–Crippen LogP) is 4.45. The van der Waals surface area contributed by atoms with E-state index in [1.165, 1.54) is 6.07 Å². The second-order valence-electron chi connectivity index (χ2n) is 6.96.